The molecule has 0 aliphatic carbocycles. The van der Waals surface area contributed by atoms with Gasteiger partial charge in [0.2, 0.25) is 0 Å². The topological polar surface area (TPSA) is 0 Å². The molecule has 0 amide bonds. The van der Waals surface area contributed by atoms with Crippen LogP contribution in [0.3, 0.4) is 0 Å². The van der Waals surface area contributed by atoms with E-state index in [9.17, 15) is 0 Å². The van der Waals surface area contributed by atoms with Gasteiger partial charge in [-0.25, -0.2) is 0 Å². The van der Waals surface area contributed by atoms with Crippen LogP contribution < -0.4 is 4.48 Å². The lowest BCUT2D eigenvalue weighted by molar-refractivity contribution is 0.381. The predicted octanol–water partition coefficient (Wildman–Crippen LogP) is 5.78. The van der Waals surface area contributed by atoms with Crippen LogP contribution in [-0.2, 0) is 0 Å². The summed E-state index contributed by atoms with van der Waals surface area (Å²) in [6.45, 7) is 3.53. The highest BCUT2D eigenvalue weighted by molar-refractivity contribution is 5.40. The van der Waals surface area contributed by atoms with Crippen molar-refractivity contribution < 1.29 is 0 Å². The van der Waals surface area contributed by atoms with Gasteiger partial charge in [-0.1, -0.05) is 70.1 Å². The predicted molar refractivity (Wildman–Crippen MR) is 92.2 cm³/mol. The van der Waals surface area contributed by atoms with Gasteiger partial charge in [-0.05, 0) is 25.0 Å². The molecule has 0 radical (unpaired) electrons. The minimum atomic E-state index is 1.01. The third-order valence-corrected chi connectivity index (χ3v) is 4.28. The summed E-state index contributed by atoms with van der Waals surface area (Å²) in [5.41, 5.74) is 1.42. The van der Waals surface area contributed by atoms with Crippen LogP contribution in [-0.4, -0.2) is 20.6 Å². The van der Waals surface area contributed by atoms with Crippen molar-refractivity contribution in [1.29, 1.82) is 0 Å². The molecule has 1 heteroatoms. The molecule has 0 saturated carbocycles. The monoisotopic (exact) mass is 276 g/mol. The third kappa shape index (κ3) is 7.09. The second-order valence-corrected chi connectivity index (χ2v) is 6.57. The lowest BCUT2D eigenvalue weighted by Gasteiger charge is -2.29. The summed E-state index contributed by atoms with van der Waals surface area (Å²) in [5.74, 6) is 0. The molecule has 0 fully saturated rings. The molecule has 1 aromatic carbocycles. The van der Waals surface area contributed by atoms with Crippen molar-refractivity contribution in [3.05, 3.63) is 30.3 Å². The lowest BCUT2D eigenvalue weighted by Crippen LogP contribution is -2.41. The van der Waals surface area contributed by atoms with E-state index in [1.165, 1.54) is 70.0 Å². The molecule has 1 aromatic rings. The fourth-order valence-corrected chi connectivity index (χ4v) is 2.78. The summed E-state index contributed by atoms with van der Waals surface area (Å²) in [6, 6.07) is 10.9. The number of unbranched alkanes of at least 4 members (excludes halogenated alkanes) is 8. The minimum Gasteiger partial charge on any atom is -0.296 e. The lowest BCUT2D eigenvalue weighted by atomic mass is 10.1. The van der Waals surface area contributed by atoms with E-state index in [0.29, 0.717) is 0 Å². The molecule has 0 N–H and O–H groups in total. The van der Waals surface area contributed by atoms with Crippen molar-refractivity contribution >= 4 is 5.69 Å². The number of benzene rings is 1. The van der Waals surface area contributed by atoms with Crippen LogP contribution in [0.2, 0.25) is 0 Å². The van der Waals surface area contributed by atoms with Crippen LogP contribution in [0.15, 0.2) is 30.3 Å². The summed E-state index contributed by atoms with van der Waals surface area (Å²) in [5, 5.41) is 0. The molecule has 1 rings (SSSR count). The smallest absolute Gasteiger partial charge is 0.132 e. The van der Waals surface area contributed by atoms with Gasteiger partial charge in [0.05, 0.1) is 20.6 Å². The number of nitrogens with zero attached hydrogens (tertiary/aromatic N) is 1. The summed E-state index contributed by atoms with van der Waals surface area (Å²) in [7, 11) is 4.64. The fraction of sp³-hybridized carbons (Fsp3) is 0.684. The van der Waals surface area contributed by atoms with Crippen LogP contribution in [0.1, 0.15) is 64.7 Å². The van der Waals surface area contributed by atoms with Crippen LogP contribution in [0.4, 0.5) is 5.69 Å². The van der Waals surface area contributed by atoms with Gasteiger partial charge >= 0.3 is 0 Å². The Kier molecular flexibility index (Phi) is 8.60. The largest absolute Gasteiger partial charge is 0.296 e. The molecular weight excluding hydrogens is 242 g/mol. The summed E-state index contributed by atoms with van der Waals surface area (Å²) in [4.78, 5) is 0. The van der Waals surface area contributed by atoms with Crippen molar-refractivity contribution in [1.82, 2.24) is 4.48 Å². The highest BCUT2D eigenvalue weighted by atomic mass is 15.3. The number of rotatable bonds is 11. The first-order valence-corrected chi connectivity index (χ1v) is 8.55. The number of hydrogen-bond acceptors (Lipinski definition) is 0. The first-order chi connectivity index (χ1) is 9.67. The molecule has 20 heavy (non-hydrogen) atoms. The maximum Gasteiger partial charge on any atom is 0.132 e. The highest BCUT2D eigenvalue weighted by Crippen LogP contribution is 2.19. The van der Waals surface area contributed by atoms with Crippen LogP contribution >= 0.6 is 0 Å². The second-order valence-electron chi connectivity index (χ2n) is 6.57. The van der Waals surface area contributed by atoms with Gasteiger partial charge in [0.15, 0.2) is 0 Å². The Balaban J connectivity index is 2.06. The first kappa shape index (κ1) is 17.2. The maximum atomic E-state index is 2.32. The fourth-order valence-electron chi connectivity index (χ4n) is 2.78. The molecule has 0 unspecified atom stereocenters. The van der Waals surface area contributed by atoms with Crippen molar-refractivity contribution in [3.8, 4) is 0 Å². The minimum absolute atomic E-state index is 1.01. The van der Waals surface area contributed by atoms with E-state index in [1.807, 2.05) is 0 Å². The van der Waals surface area contributed by atoms with E-state index in [2.05, 4.69) is 51.4 Å². The quantitative estimate of drug-likeness (QED) is 0.355. The number of quaternary nitrogens is 1. The SMILES string of the molecule is CCCCCCCCCCC[N+](C)(C)c1ccccc1. The first-order valence-electron chi connectivity index (χ1n) is 8.55. The molecule has 1 nitrogen and oxygen atoms in total. The van der Waals surface area contributed by atoms with Crippen molar-refractivity contribution in [2.24, 2.45) is 0 Å². The van der Waals surface area contributed by atoms with Crippen molar-refractivity contribution in [2.45, 2.75) is 64.7 Å². The van der Waals surface area contributed by atoms with Crippen LogP contribution in [0.5, 0.6) is 0 Å². The zero-order chi connectivity index (χ0) is 14.7. The zero-order valence-corrected chi connectivity index (χ0v) is 13.9. The van der Waals surface area contributed by atoms with E-state index in [1.54, 1.807) is 0 Å². The number of para-hydroxylation sites is 1. The normalized spacial score (nSPS) is 11.8. The van der Waals surface area contributed by atoms with E-state index < -0.39 is 0 Å². The van der Waals surface area contributed by atoms with E-state index in [4.69, 9.17) is 0 Å². The van der Waals surface area contributed by atoms with Gasteiger partial charge in [0.1, 0.15) is 5.69 Å². The second kappa shape index (κ2) is 9.99. The Labute approximate surface area is 126 Å². The Bertz CT molecular complexity index is 329. The Morgan fingerprint density at radius 3 is 1.75 bits per heavy atom. The average Bonchev–Trinajstić information content (AvgIpc) is 2.46. The van der Waals surface area contributed by atoms with Crippen molar-refractivity contribution in [3.63, 3.8) is 0 Å². The maximum absolute atomic E-state index is 2.32. The molecular formula is C19H34N+. The van der Waals surface area contributed by atoms with E-state index in [-0.39, 0.29) is 0 Å². The highest BCUT2D eigenvalue weighted by Gasteiger charge is 2.17. The third-order valence-electron chi connectivity index (χ3n) is 4.28. The Morgan fingerprint density at radius 1 is 0.700 bits per heavy atom. The summed E-state index contributed by atoms with van der Waals surface area (Å²) in [6.07, 6.45) is 12.7. The average molecular weight is 276 g/mol. The molecule has 0 bridgehead atoms. The molecule has 0 spiro atoms. The van der Waals surface area contributed by atoms with Crippen molar-refractivity contribution in [2.75, 3.05) is 20.6 Å². The van der Waals surface area contributed by atoms with Gasteiger partial charge < -0.3 is 0 Å². The molecule has 0 saturated heterocycles. The number of hydrogen-bond donors (Lipinski definition) is 0. The molecule has 0 aliphatic rings. The van der Waals surface area contributed by atoms with Crippen LogP contribution in [0, 0.1) is 0 Å². The molecule has 0 atom stereocenters. The standard InChI is InChI=1S/C19H34N/c1-4-5-6-7-8-9-10-11-15-18-20(2,3)19-16-13-12-14-17-19/h12-14,16-17H,4-11,15,18H2,1-3H3/q+1. The summed E-state index contributed by atoms with van der Waals surface area (Å²) >= 11 is 0. The summed E-state index contributed by atoms with van der Waals surface area (Å²) < 4.78 is 1.01. The molecule has 0 heterocycles. The van der Waals surface area contributed by atoms with Crippen LogP contribution in [0.25, 0.3) is 0 Å². The van der Waals surface area contributed by atoms with Gasteiger partial charge in [-0.15, -0.1) is 0 Å². The zero-order valence-electron chi connectivity index (χ0n) is 13.9. The Morgan fingerprint density at radius 2 is 1.20 bits per heavy atom. The molecule has 114 valence electrons. The van der Waals surface area contributed by atoms with Gasteiger partial charge in [0, 0.05) is 0 Å². The molecule has 0 aliphatic heterocycles. The Hall–Kier alpha value is -0.820. The van der Waals surface area contributed by atoms with Gasteiger partial charge in [-0.2, -0.15) is 0 Å². The van der Waals surface area contributed by atoms with Gasteiger partial charge in [-0.3, -0.25) is 4.48 Å². The van der Waals surface area contributed by atoms with E-state index in [0.717, 1.165) is 4.48 Å². The molecule has 0 aromatic heterocycles. The van der Waals surface area contributed by atoms with Gasteiger partial charge in [0.25, 0.3) is 0 Å². The van der Waals surface area contributed by atoms with E-state index >= 15 is 0 Å².